The highest BCUT2D eigenvalue weighted by molar-refractivity contribution is 5.92. The van der Waals surface area contributed by atoms with Gasteiger partial charge in [-0.2, -0.15) is 0 Å². The van der Waals surface area contributed by atoms with Crippen LogP contribution in [0.1, 0.15) is 28.4 Å². The third kappa shape index (κ3) is 5.03. The zero-order valence-corrected chi connectivity index (χ0v) is 14.6. The van der Waals surface area contributed by atoms with Crippen LogP contribution in [0.4, 0.5) is 4.39 Å². The number of carbonyl (C=O) groups is 1. The molecule has 2 N–H and O–H groups in total. The Morgan fingerprint density at radius 2 is 1.92 bits per heavy atom. The van der Waals surface area contributed by atoms with Gasteiger partial charge in [-0.25, -0.2) is 4.39 Å². The van der Waals surface area contributed by atoms with Crippen molar-refractivity contribution in [3.63, 3.8) is 0 Å². The Kier molecular flexibility index (Phi) is 6.20. The third-order valence-corrected chi connectivity index (χ3v) is 4.42. The van der Waals surface area contributed by atoms with Gasteiger partial charge in [0.25, 0.3) is 0 Å². The lowest BCUT2D eigenvalue weighted by molar-refractivity contribution is -0.0310. The second-order valence-corrected chi connectivity index (χ2v) is 6.30. The zero-order chi connectivity index (χ0) is 18.4. The van der Waals surface area contributed by atoms with Gasteiger partial charge in [0.1, 0.15) is 11.6 Å². The van der Waals surface area contributed by atoms with E-state index < -0.39 is 5.91 Å². The zero-order valence-electron chi connectivity index (χ0n) is 14.6. The van der Waals surface area contributed by atoms with Gasteiger partial charge in [0.2, 0.25) is 5.91 Å². The van der Waals surface area contributed by atoms with E-state index in [9.17, 15) is 9.18 Å². The normalized spacial score (nSPS) is 17.8. The first-order valence-corrected chi connectivity index (χ1v) is 8.74. The summed E-state index contributed by atoms with van der Waals surface area (Å²) in [5, 5.41) is 0. The van der Waals surface area contributed by atoms with E-state index in [4.69, 9.17) is 15.2 Å². The number of hydrogen-bond donors (Lipinski definition) is 1. The van der Waals surface area contributed by atoms with Crippen molar-refractivity contribution in [2.75, 3.05) is 32.8 Å². The molecule has 0 bridgehead atoms. The molecule has 1 heterocycles. The van der Waals surface area contributed by atoms with Crippen molar-refractivity contribution in [3.05, 3.63) is 65.5 Å². The molecule has 1 fully saturated rings. The molecular formula is C20H23FN2O3. The average Bonchev–Trinajstić information content (AvgIpc) is 2.66. The molecule has 1 aliphatic heterocycles. The number of hydrogen-bond acceptors (Lipinski definition) is 4. The molecule has 5 nitrogen and oxygen atoms in total. The average molecular weight is 358 g/mol. The molecule has 138 valence electrons. The lowest BCUT2D eigenvalue weighted by Gasteiger charge is -2.33. The Morgan fingerprint density at radius 3 is 2.62 bits per heavy atom. The first-order chi connectivity index (χ1) is 12.6. The summed E-state index contributed by atoms with van der Waals surface area (Å²) < 4.78 is 24.6. The smallest absolute Gasteiger partial charge is 0.248 e. The number of primary amides is 1. The van der Waals surface area contributed by atoms with Crippen LogP contribution in [0, 0.1) is 5.82 Å². The highest BCUT2D eigenvalue weighted by atomic mass is 19.1. The monoisotopic (exact) mass is 358 g/mol. The molecule has 1 atom stereocenters. The van der Waals surface area contributed by atoms with Crippen LogP contribution in [0.5, 0.6) is 5.75 Å². The molecule has 0 aromatic heterocycles. The number of carbonyl (C=O) groups excluding carboxylic acids is 1. The summed E-state index contributed by atoms with van der Waals surface area (Å²) in [6.07, 6.45) is 0.861. The van der Waals surface area contributed by atoms with Gasteiger partial charge in [0.15, 0.2) is 0 Å². The summed E-state index contributed by atoms with van der Waals surface area (Å²) in [6, 6.07) is 13.3. The van der Waals surface area contributed by atoms with Gasteiger partial charge in [0.05, 0.1) is 19.3 Å². The number of nitrogens with zero attached hydrogens (tertiary/aromatic N) is 1. The van der Waals surface area contributed by atoms with Crippen LogP contribution in [-0.2, 0) is 4.74 Å². The summed E-state index contributed by atoms with van der Waals surface area (Å²) in [4.78, 5) is 13.4. The molecule has 1 amide bonds. The highest BCUT2D eigenvalue weighted by Gasteiger charge is 2.21. The third-order valence-electron chi connectivity index (χ3n) is 4.42. The molecule has 1 saturated heterocycles. The second kappa shape index (κ2) is 8.78. The predicted octanol–water partition coefficient (Wildman–Crippen LogP) is 2.77. The molecule has 1 aliphatic rings. The molecular weight excluding hydrogens is 335 g/mol. The maximum absolute atomic E-state index is 13.0. The van der Waals surface area contributed by atoms with Crippen molar-refractivity contribution < 1.29 is 18.7 Å². The van der Waals surface area contributed by atoms with Gasteiger partial charge >= 0.3 is 0 Å². The lowest BCUT2D eigenvalue weighted by Crippen LogP contribution is -2.39. The molecule has 0 aliphatic carbocycles. The molecule has 2 aromatic carbocycles. The second-order valence-electron chi connectivity index (χ2n) is 6.30. The molecule has 6 heteroatoms. The van der Waals surface area contributed by atoms with Crippen molar-refractivity contribution >= 4 is 5.91 Å². The number of ether oxygens (including phenoxy) is 2. The van der Waals surface area contributed by atoms with E-state index in [2.05, 4.69) is 4.90 Å². The maximum atomic E-state index is 13.0. The summed E-state index contributed by atoms with van der Waals surface area (Å²) in [6.45, 7) is 3.83. The van der Waals surface area contributed by atoms with Gasteiger partial charge in [-0.15, -0.1) is 0 Å². The first-order valence-electron chi connectivity index (χ1n) is 8.74. The van der Waals surface area contributed by atoms with Crippen molar-refractivity contribution in [1.82, 2.24) is 4.90 Å². The largest absolute Gasteiger partial charge is 0.494 e. The van der Waals surface area contributed by atoms with E-state index in [-0.39, 0.29) is 11.9 Å². The number of halogens is 1. The van der Waals surface area contributed by atoms with Crippen LogP contribution in [-0.4, -0.2) is 43.7 Å². The lowest BCUT2D eigenvalue weighted by atomic mass is 10.1. The van der Waals surface area contributed by atoms with Crippen molar-refractivity contribution in [3.8, 4) is 5.75 Å². The van der Waals surface area contributed by atoms with E-state index in [0.29, 0.717) is 18.8 Å². The Labute approximate surface area is 152 Å². The fraction of sp³-hybridized carbons (Fsp3) is 0.350. The molecule has 2 aromatic rings. The van der Waals surface area contributed by atoms with Gasteiger partial charge < -0.3 is 15.2 Å². The van der Waals surface area contributed by atoms with Crippen LogP contribution < -0.4 is 10.5 Å². The fourth-order valence-corrected chi connectivity index (χ4v) is 2.98. The Bertz CT molecular complexity index is 719. The Hall–Kier alpha value is -2.44. The van der Waals surface area contributed by atoms with Crippen molar-refractivity contribution in [2.24, 2.45) is 5.73 Å². The number of morpholine rings is 1. The van der Waals surface area contributed by atoms with Gasteiger partial charge in [-0.05, 0) is 48.4 Å². The minimum absolute atomic E-state index is 0.0217. The predicted molar refractivity (Wildman–Crippen MR) is 96.6 cm³/mol. The van der Waals surface area contributed by atoms with Crippen molar-refractivity contribution in [2.45, 2.75) is 12.5 Å². The number of benzene rings is 2. The summed E-state index contributed by atoms with van der Waals surface area (Å²) in [5.41, 5.74) is 6.69. The summed E-state index contributed by atoms with van der Waals surface area (Å²) >= 11 is 0. The first kappa shape index (κ1) is 18.4. The van der Waals surface area contributed by atoms with E-state index >= 15 is 0 Å². The van der Waals surface area contributed by atoms with Crippen LogP contribution in [0.25, 0.3) is 0 Å². The SMILES string of the molecule is NC(=O)c1ccc(OCCCN2CCOC(c3ccc(F)cc3)C2)cc1. The van der Waals surface area contributed by atoms with E-state index in [1.165, 1.54) is 12.1 Å². The van der Waals surface area contributed by atoms with Gasteiger partial charge in [0, 0.05) is 25.2 Å². The standard InChI is InChI=1S/C20H23FN2O3/c21-17-6-2-15(3-7-17)19-14-23(11-13-26-19)10-1-12-25-18-8-4-16(5-9-18)20(22)24/h2-9,19H,1,10-14H2,(H2,22,24). The highest BCUT2D eigenvalue weighted by Crippen LogP contribution is 2.22. The fourth-order valence-electron chi connectivity index (χ4n) is 2.98. The minimum atomic E-state index is -0.445. The van der Waals surface area contributed by atoms with E-state index in [0.717, 1.165) is 37.4 Å². The molecule has 0 radical (unpaired) electrons. The van der Waals surface area contributed by atoms with Gasteiger partial charge in [-0.3, -0.25) is 9.69 Å². The number of amides is 1. The van der Waals surface area contributed by atoms with E-state index in [1.807, 2.05) is 0 Å². The topological polar surface area (TPSA) is 64.8 Å². The minimum Gasteiger partial charge on any atom is -0.494 e. The van der Waals surface area contributed by atoms with E-state index in [1.54, 1.807) is 36.4 Å². The Balaban J connectivity index is 1.41. The molecule has 3 rings (SSSR count). The summed E-state index contributed by atoms with van der Waals surface area (Å²) in [5.74, 6) is 0.0446. The van der Waals surface area contributed by atoms with Crippen LogP contribution in [0.15, 0.2) is 48.5 Å². The molecule has 1 unspecified atom stereocenters. The Morgan fingerprint density at radius 1 is 1.19 bits per heavy atom. The molecule has 0 spiro atoms. The van der Waals surface area contributed by atoms with Crippen LogP contribution >= 0.6 is 0 Å². The summed E-state index contributed by atoms with van der Waals surface area (Å²) in [7, 11) is 0. The maximum Gasteiger partial charge on any atom is 0.248 e. The quantitative estimate of drug-likeness (QED) is 0.773. The van der Waals surface area contributed by atoms with Crippen LogP contribution in [0.2, 0.25) is 0 Å². The van der Waals surface area contributed by atoms with Gasteiger partial charge in [-0.1, -0.05) is 12.1 Å². The molecule has 26 heavy (non-hydrogen) atoms. The number of nitrogens with two attached hydrogens (primary N) is 1. The number of rotatable bonds is 7. The molecule has 0 saturated carbocycles. The van der Waals surface area contributed by atoms with Crippen molar-refractivity contribution in [1.29, 1.82) is 0 Å². The van der Waals surface area contributed by atoms with Crippen LogP contribution in [0.3, 0.4) is 0 Å².